The minimum Gasteiger partial charge on any atom is -0.310 e. The minimum absolute atomic E-state index is 0.177. The molecule has 2 nitrogen and oxygen atoms in total. The Kier molecular flexibility index (Phi) is 6.36. The lowest BCUT2D eigenvalue weighted by molar-refractivity contribution is 0.303. The lowest BCUT2D eigenvalue weighted by Crippen LogP contribution is -2.27. The highest BCUT2D eigenvalue weighted by Gasteiger charge is 2.12. The van der Waals surface area contributed by atoms with Crippen molar-refractivity contribution >= 4 is 11.3 Å². The van der Waals surface area contributed by atoms with Gasteiger partial charge in [-0.3, -0.25) is 0 Å². The van der Waals surface area contributed by atoms with Crippen molar-refractivity contribution in [1.82, 2.24) is 10.2 Å². The molecule has 0 fully saturated rings. The first-order chi connectivity index (χ1) is 10.2. The van der Waals surface area contributed by atoms with Gasteiger partial charge < -0.3 is 10.2 Å². The number of rotatable bonds is 8. The van der Waals surface area contributed by atoms with Crippen molar-refractivity contribution in [3.63, 3.8) is 0 Å². The zero-order valence-electron chi connectivity index (χ0n) is 12.7. The summed E-state index contributed by atoms with van der Waals surface area (Å²) in [6, 6.07) is 11.4. The quantitative estimate of drug-likeness (QED) is 0.791. The maximum Gasteiger partial charge on any atom is 0.123 e. The second-order valence-corrected chi connectivity index (χ2v) is 6.30. The van der Waals surface area contributed by atoms with E-state index in [-0.39, 0.29) is 11.9 Å². The first-order valence-electron chi connectivity index (χ1n) is 7.38. The van der Waals surface area contributed by atoms with Crippen molar-refractivity contribution in [2.75, 3.05) is 20.1 Å². The van der Waals surface area contributed by atoms with Gasteiger partial charge in [-0.1, -0.05) is 25.1 Å². The van der Waals surface area contributed by atoms with Crippen LogP contribution in [0.1, 0.15) is 29.8 Å². The number of nitrogens with one attached hydrogen (secondary N) is 1. The summed E-state index contributed by atoms with van der Waals surface area (Å²) in [5, 5.41) is 5.60. The van der Waals surface area contributed by atoms with Gasteiger partial charge in [0.05, 0.1) is 0 Å². The topological polar surface area (TPSA) is 15.3 Å². The van der Waals surface area contributed by atoms with E-state index in [0.29, 0.717) is 0 Å². The maximum absolute atomic E-state index is 13.0. The summed E-state index contributed by atoms with van der Waals surface area (Å²) in [6.45, 7) is 5.01. The molecule has 21 heavy (non-hydrogen) atoms. The third-order valence-electron chi connectivity index (χ3n) is 3.53. The van der Waals surface area contributed by atoms with E-state index >= 15 is 0 Å². The molecule has 0 spiro atoms. The molecule has 1 heterocycles. The van der Waals surface area contributed by atoms with E-state index in [1.165, 1.54) is 17.0 Å². The zero-order valence-corrected chi connectivity index (χ0v) is 13.5. The van der Waals surface area contributed by atoms with Crippen LogP contribution in [0.2, 0.25) is 0 Å². The summed E-state index contributed by atoms with van der Waals surface area (Å²) in [6.07, 6.45) is 1.02. The van der Waals surface area contributed by atoms with Crippen LogP contribution in [-0.4, -0.2) is 25.0 Å². The molecule has 1 aromatic carbocycles. The van der Waals surface area contributed by atoms with Gasteiger partial charge in [0.1, 0.15) is 5.82 Å². The van der Waals surface area contributed by atoms with Crippen LogP contribution in [0.15, 0.2) is 41.8 Å². The van der Waals surface area contributed by atoms with Gasteiger partial charge in [-0.05, 0) is 49.2 Å². The van der Waals surface area contributed by atoms with Crippen LogP contribution in [0.4, 0.5) is 4.39 Å². The van der Waals surface area contributed by atoms with Crippen LogP contribution in [0.5, 0.6) is 0 Å². The van der Waals surface area contributed by atoms with Gasteiger partial charge in [0.15, 0.2) is 0 Å². The van der Waals surface area contributed by atoms with Gasteiger partial charge in [-0.2, -0.15) is 0 Å². The van der Waals surface area contributed by atoms with E-state index in [9.17, 15) is 4.39 Å². The molecule has 0 aliphatic heterocycles. The van der Waals surface area contributed by atoms with Crippen LogP contribution in [0.3, 0.4) is 0 Å². The third-order valence-corrected chi connectivity index (χ3v) is 4.39. The predicted molar refractivity (Wildman–Crippen MR) is 88.1 cm³/mol. The van der Waals surface area contributed by atoms with E-state index in [2.05, 4.69) is 41.7 Å². The Bertz CT molecular complexity index is 510. The molecule has 0 amide bonds. The third kappa shape index (κ3) is 5.23. The van der Waals surface area contributed by atoms with Gasteiger partial charge >= 0.3 is 0 Å². The minimum atomic E-state index is -0.177. The second-order valence-electron chi connectivity index (χ2n) is 5.27. The fraction of sp³-hybridized carbons (Fsp3) is 0.412. The molecule has 4 heteroatoms. The number of nitrogens with zero attached hydrogens (tertiary/aromatic N) is 1. The molecule has 1 atom stereocenters. The molecule has 0 bridgehead atoms. The van der Waals surface area contributed by atoms with Gasteiger partial charge in [-0.15, -0.1) is 11.3 Å². The molecule has 2 aromatic rings. The fourth-order valence-corrected chi connectivity index (χ4v) is 3.21. The van der Waals surface area contributed by atoms with Gasteiger partial charge in [-0.25, -0.2) is 4.39 Å². The fourth-order valence-electron chi connectivity index (χ4n) is 2.43. The molecular weight excluding hydrogens is 283 g/mol. The van der Waals surface area contributed by atoms with Crippen molar-refractivity contribution in [3.8, 4) is 0 Å². The number of benzene rings is 1. The number of halogens is 1. The van der Waals surface area contributed by atoms with Crippen molar-refractivity contribution in [1.29, 1.82) is 0 Å². The highest BCUT2D eigenvalue weighted by atomic mass is 32.1. The smallest absolute Gasteiger partial charge is 0.123 e. The van der Waals surface area contributed by atoms with E-state index in [0.717, 1.165) is 31.6 Å². The Balaban J connectivity index is 1.88. The average Bonchev–Trinajstić information content (AvgIpc) is 2.97. The van der Waals surface area contributed by atoms with Crippen molar-refractivity contribution in [2.45, 2.75) is 25.9 Å². The Labute approximate surface area is 130 Å². The summed E-state index contributed by atoms with van der Waals surface area (Å²) in [5.74, 6) is -0.177. The lowest BCUT2D eigenvalue weighted by Gasteiger charge is -2.22. The van der Waals surface area contributed by atoms with E-state index in [1.54, 1.807) is 11.3 Å². The molecule has 114 valence electrons. The molecule has 0 radical (unpaired) electrons. The standard InChI is InChI=1S/C17H23FN2S/c1-3-19-17(14-6-8-15(18)9-7-14)10-11-20(2)13-16-5-4-12-21-16/h4-9,12,17,19H,3,10-11,13H2,1-2H3. The number of hydrogen-bond donors (Lipinski definition) is 1. The van der Waals surface area contributed by atoms with Crippen molar-refractivity contribution < 1.29 is 4.39 Å². The van der Waals surface area contributed by atoms with Crippen molar-refractivity contribution in [2.24, 2.45) is 0 Å². The Hall–Kier alpha value is -1.23. The molecule has 0 saturated heterocycles. The highest BCUT2D eigenvalue weighted by molar-refractivity contribution is 7.09. The summed E-state index contributed by atoms with van der Waals surface area (Å²) in [4.78, 5) is 3.72. The van der Waals surface area contributed by atoms with Crippen LogP contribution in [0.25, 0.3) is 0 Å². The zero-order chi connectivity index (χ0) is 15.1. The molecule has 0 aliphatic carbocycles. The lowest BCUT2D eigenvalue weighted by atomic mass is 10.0. The summed E-state index contributed by atoms with van der Waals surface area (Å²) in [7, 11) is 2.15. The van der Waals surface area contributed by atoms with Gasteiger partial charge in [0.2, 0.25) is 0 Å². The predicted octanol–water partition coefficient (Wildman–Crippen LogP) is 4.06. The monoisotopic (exact) mass is 306 g/mol. The SMILES string of the molecule is CCNC(CCN(C)Cc1cccs1)c1ccc(F)cc1. The van der Waals surface area contributed by atoms with E-state index < -0.39 is 0 Å². The molecule has 0 saturated carbocycles. The second kappa shape index (κ2) is 8.27. The molecule has 0 aliphatic rings. The number of thiophene rings is 1. The first-order valence-corrected chi connectivity index (χ1v) is 8.26. The van der Waals surface area contributed by atoms with Crippen LogP contribution in [-0.2, 0) is 6.54 Å². The molecule has 2 rings (SSSR count). The Morgan fingerprint density at radius 3 is 2.62 bits per heavy atom. The number of hydrogen-bond acceptors (Lipinski definition) is 3. The summed E-state index contributed by atoms with van der Waals surface area (Å²) < 4.78 is 13.0. The van der Waals surface area contributed by atoms with E-state index in [4.69, 9.17) is 0 Å². The molecule has 1 aromatic heterocycles. The van der Waals surface area contributed by atoms with Crippen LogP contribution in [0, 0.1) is 5.82 Å². The Morgan fingerprint density at radius 2 is 2.00 bits per heavy atom. The molecule has 1 N–H and O–H groups in total. The van der Waals surface area contributed by atoms with E-state index in [1.807, 2.05) is 12.1 Å². The van der Waals surface area contributed by atoms with Gasteiger partial charge in [0.25, 0.3) is 0 Å². The maximum atomic E-state index is 13.0. The summed E-state index contributed by atoms with van der Waals surface area (Å²) >= 11 is 1.79. The normalized spacial score (nSPS) is 12.8. The first kappa shape index (κ1) is 16.1. The van der Waals surface area contributed by atoms with Crippen LogP contribution >= 0.6 is 11.3 Å². The van der Waals surface area contributed by atoms with Crippen molar-refractivity contribution in [3.05, 3.63) is 58.0 Å². The summed E-state index contributed by atoms with van der Waals surface area (Å²) in [5.41, 5.74) is 1.16. The van der Waals surface area contributed by atoms with Gasteiger partial charge in [0, 0.05) is 24.0 Å². The molecular formula is C17H23FN2S. The largest absolute Gasteiger partial charge is 0.310 e. The highest BCUT2D eigenvalue weighted by Crippen LogP contribution is 2.18. The van der Waals surface area contributed by atoms with Crippen LogP contribution < -0.4 is 5.32 Å². The Morgan fingerprint density at radius 1 is 1.24 bits per heavy atom. The average molecular weight is 306 g/mol. The molecule has 1 unspecified atom stereocenters.